The van der Waals surface area contributed by atoms with Crippen molar-refractivity contribution in [3.63, 3.8) is 0 Å². The fourth-order valence-corrected chi connectivity index (χ4v) is 4.83. The van der Waals surface area contributed by atoms with Gasteiger partial charge in [-0.3, -0.25) is 0 Å². The summed E-state index contributed by atoms with van der Waals surface area (Å²) in [6.45, 7) is 4.44. The van der Waals surface area contributed by atoms with Crippen LogP contribution < -0.4 is 10.5 Å². The highest BCUT2D eigenvalue weighted by atomic mass is 32.2. The molecule has 1 unspecified atom stereocenters. The average molecular weight is 300 g/mol. The van der Waals surface area contributed by atoms with Gasteiger partial charge in [-0.05, 0) is 50.1 Å². The second kappa shape index (κ2) is 5.34. The molecule has 0 aromatic heterocycles. The molecule has 0 saturated carbocycles. The number of nitrogen functional groups attached to an aromatic ring is 1. The molecule has 19 heavy (non-hydrogen) atoms. The van der Waals surface area contributed by atoms with Gasteiger partial charge < -0.3 is 5.73 Å². The summed E-state index contributed by atoms with van der Waals surface area (Å²) in [5.41, 5.74) is 7.06. The number of nitrogens with one attached hydrogen (secondary N) is 1. The molecule has 1 aromatic rings. The normalized spacial score (nSPS) is 23.7. The van der Waals surface area contributed by atoms with Gasteiger partial charge >= 0.3 is 0 Å². The van der Waals surface area contributed by atoms with E-state index in [-0.39, 0.29) is 9.64 Å². The van der Waals surface area contributed by atoms with Crippen LogP contribution in [0.2, 0.25) is 0 Å². The molecule has 1 heterocycles. The van der Waals surface area contributed by atoms with E-state index in [9.17, 15) is 8.42 Å². The molecule has 1 aliphatic heterocycles. The number of sulfonamides is 1. The summed E-state index contributed by atoms with van der Waals surface area (Å²) in [6, 6.07) is 5.01. The van der Waals surface area contributed by atoms with Crippen molar-refractivity contribution in [1.82, 2.24) is 4.72 Å². The number of thioether (sulfide) groups is 1. The first-order chi connectivity index (χ1) is 8.82. The van der Waals surface area contributed by atoms with E-state index in [1.54, 1.807) is 18.2 Å². The van der Waals surface area contributed by atoms with Gasteiger partial charge in [-0.25, -0.2) is 13.1 Å². The fourth-order valence-electron chi connectivity index (χ4n) is 2.21. The van der Waals surface area contributed by atoms with E-state index in [0.717, 1.165) is 24.2 Å². The summed E-state index contributed by atoms with van der Waals surface area (Å²) in [7, 11) is -3.52. The molecule has 106 valence electrons. The fraction of sp³-hybridized carbons (Fsp3) is 0.538. The van der Waals surface area contributed by atoms with Gasteiger partial charge in [0.25, 0.3) is 0 Å². The molecule has 0 radical (unpaired) electrons. The molecule has 0 amide bonds. The van der Waals surface area contributed by atoms with Gasteiger partial charge in [-0.15, -0.1) is 0 Å². The number of benzene rings is 1. The minimum absolute atomic E-state index is 0.00648. The van der Waals surface area contributed by atoms with Crippen LogP contribution in [0.5, 0.6) is 0 Å². The third-order valence-corrected chi connectivity index (χ3v) is 6.40. The smallest absolute Gasteiger partial charge is 0.242 e. The highest BCUT2D eigenvalue weighted by Gasteiger charge is 2.31. The Hall–Kier alpha value is -0.720. The number of aryl methyl sites for hydroxylation is 1. The van der Waals surface area contributed by atoms with Crippen molar-refractivity contribution < 1.29 is 8.42 Å². The maximum absolute atomic E-state index is 12.3. The van der Waals surface area contributed by atoms with Crippen LogP contribution in [-0.2, 0) is 10.0 Å². The summed E-state index contributed by atoms with van der Waals surface area (Å²) >= 11 is 1.83. The summed E-state index contributed by atoms with van der Waals surface area (Å²) in [4.78, 5) is 0.171. The molecule has 1 aromatic carbocycles. The Morgan fingerprint density at radius 1 is 1.47 bits per heavy atom. The van der Waals surface area contributed by atoms with Crippen molar-refractivity contribution >= 4 is 27.5 Å². The van der Waals surface area contributed by atoms with Crippen molar-refractivity contribution in [2.45, 2.75) is 36.3 Å². The molecule has 6 heteroatoms. The lowest BCUT2D eigenvalue weighted by Crippen LogP contribution is -2.37. The number of hydrogen-bond acceptors (Lipinski definition) is 4. The largest absolute Gasteiger partial charge is 0.398 e. The Kier molecular flexibility index (Phi) is 4.13. The molecule has 1 aliphatic rings. The first kappa shape index (κ1) is 14.7. The van der Waals surface area contributed by atoms with E-state index < -0.39 is 10.0 Å². The maximum Gasteiger partial charge on any atom is 0.242 e. The van der Waals surface area contributed by atoms with Gasteiger partial charge in [0.05, 0.1) is 5.69 Å². The first-order valence-electron chi connectivity index (χ1n) is 6.32. The van der Waals surface area contributed by atoms with E-state index in [1.165, 1.54) is 0 Å². The predicted molar refractivity (Wildman–Crippen MR) is 80.9 cm³/mol. The van der Waals surface area contributed by atoms with E-state index in [0.29, 0.717) is 12.2 Å². The SMILES string of the molecule is Cc1ccc(S(=O)(=O)NCC2(C)CCCS2)c(N)c1. The van der Waals surface area contributed by atoms with Crippen molar-refractivity contribution in [2.24, 2.45) is 0 Å². The molecule has 0 bridgehead atoms. The van der Waals surface area contributed by atoms with E-state index in [2.05, 4.69) is 11.6 Å². The van der Waals surface area contributed by atoms with Gasteiger partial charge in [0.15, 0.2) is 0 Å². The lowest BCUT2D eigenvalue weighted by Gasteiger charge is -2.23. The van der Waals surface area contributed by atoms with Crippen LogP contribution in [0.3, 0.4) is 0 Å². The maximum atomic E-state index is 12.3. The topological polar surface area (TPSA) is 72.2 Å². The highest BCUT2D eigenvalue weighted by molar-refractivity contribution is 8.01. The predicted octanol–water partition coefficient (Wildman–Crippen LogP) is 2.14. The van der Waals surface area contributed by atoms with Gasteiger partial charge in [-0.1, -0.05) is 6.07 Å². The van der Waals surface area contributed by atoms with Gasteiger partial charge in [-0.2, -0.15) is 11.8 Å². The second-order valence-electron chi connectivity index (χ2n) is 5.27. The first-order valence-corrected chi connectivity index (χ1v) is 8.79. The van der Waals surface area contributed by atoms with Gasteiger partial charge in [0, 0.05) is 11.3 Å². The monoisotopic (exact) mass is 300 g/mol. The lowest BCUT2D eigenvalue weighted by molar-refractivity contribution is 0.553. The molecule has 2 rings (SSSR count). The summed E-state index contributed by atoms with van der Waals surface area (Å²) in [5, 5.41) is 0. The van der Waals surface area contributed by atoms with Crippen LogP contribution in [0.15, 0.2) is 23.1 Å². The third kappa shape index (κ3) is 3.43. The van der Waals surface area contributed by atoms with Crippen LogP contribution in [0.1, 0.15) is 25.3 Å². The van der Waals surface area contributed by atoms with Crippen LogP contribution in [0, 0.1) is 6.92 Å². The Labute approximate surface area is 119 Å². The average Bonchev–Trinajstić information content (AvgIpc) is 2.74. The summed E-state index contributed by atoms with van der Waals surface area (Å²) in [6.07, 6.45) is 2.19. The molecular weight excluding hydrogens is 280 g/mol. The number of hydrogen-bond donors (Lipinski definition) is 2. The molecule has 1 atom stereocenters. The molecular formula is C13H20N2O2S2. The number of rotatable bonds is 4. The van der Waals surface area contributed by atoms with Crippen LogP contribution >= 0.6 is 11.8 Å². The molecule has 3 N–H and O–H groups in total. The van der Waals surface area contributed by atoms with Crippen molar-refractivity contribution in [2.75, 3.05) is 18.0 Å². The van der Waals surface area contributed by atoms with Crippen LogP contribution in [0.4, 0.5) is 5.69 Å². The minimum atomic E-state index is -3.52. The van der Waals surface area contributed by atoms with E-state index in [4.69, 9.17) is 5.73 Å². The van der Waals surface area contributed by atoms with Crippen LogP contribution in [0.25, 0.3) is 0 Å². The van der Waals surface area contributed by atoms with Gasteiger partial charge in [0.2, 0.25) is 10.0 Å². The van der Waals surface area contributed by atoms with Crippen molar-refractivity contribution in [3.05, 3.63) is 23.8 Å². The Bertz CT molecular complexity index is 564. The zero-order valence-corrected chi connectivity index (χ0v) is 12.9. The van der Waals surface area contributed by atoms with Gasteiger partial charge in [0.1, 0.15) is 4.90 Å². The highest BCUT2D eigenvalue weighted by Crippen LogP contribution is 2.37. The summed E-state index contributed by atoms with van der Waals surface area (Å²) in [5.74, 6) is 1.10. The minimum Gasteiger partial charge on any atom is -0.398 e. The second-order valence-corrected chi connectivity index (χ2v) is 8.69. The molecule has 4 nitrogen and oxygen atoms in total. The number of nitrogens with two attached hydrogens (primary N) is 1. The Balaban J connectivity index is 2.14. The van der Waals surface area contributed by atoms with Crippen LogP contribution in [-0.4, -0.2) is 25.5 Å². The third-order valence-electron chi connectivity index (χ3n) is 3.39. The molecule has 1 saturated heterocycles. The summed E-state index contributed by atoms with van der Waals surface area (Å²) < 4.78 is 27.2. The molecule has 1 fully saturated rings. The molecule has 0 spiro atoms. The van der Waals surface area contributed by atoms with E-state index >= 15 is 0 Å². The zero-order valence-electron chi connectivity index (χ0n) is 11.3. The Morgan fingerprint density at radius 3 is 2.79 bits per heavy atom. The lowest BCUT2D eigenvalue weighted by atomic mass is 10.1. The van der Waals surface area contributed by atoms with Crippen molar-refractivity contribution in [3.8, 4) is 0 Å². The zero-order chi connectivity index (χ0) is 14.1. The van der Waals surface area contributed by atoms with Crippen molar-refractivity contribution in [1.29, 1.82) is 0 Å². The standard InChI is InChI=1S/C13H20N2O2S2/c1-10-4-5-12(11(14)8-10)19(16,17)15-9-13(2)6-3-7-18-13/h4-5,8,15H,3,6-7,9,14H2,1-2H3. The number of anilines is 1. The molecule has 0 aliphatic carbocycles. The van der Waals surface area contributed by atoms with E-state index in [1.807, 2.05) is 18.7 Å². The quantitative estimate of drug-likeness (QED) is 0.836. The Morgan fingerprint density at radius 2 is 2.21 bits per heavy atom.